The highest BCUT2D eigenvalue weighted by Crippen LogP contribution is 2.29. The monoisotopic (exact) mass is 200 g/mol. The fraction of sp³-hybridized carbons (Fsp3) is 0.462. The molecule has 1 aliphatic rings. The molecule has 1 unspecified atom stereocenters. The Hall–Kier alpha value is -1.31. The molecule has 78 valence electrons. The molecule has 0 aliphatic carbocycles. The van der Waals surface area contributed by atoms with E-state index < -0.39 is 0 Å². The van der Waals surface area contributed by atoms with Crippen molar-refractivity contribution < 1.29 is 0 Å². The molecule has 0 fully saturated rings. The first-order valence-corrected chi connectivity index (χ1v) is 5.73. The Balaban J connectivity index is 2.32. The predicted molar refractivity (Wildman–Crippen MR) is 62.1 cm³/mol. The number of rotatable bonds is 0. The fourth-order valence-electron chi connectivity index (χ4n) is 2.61. The van der Waals surface area contributed by atoms with Crippen LogP contribution in [0.3, 0.4) is 0 Å². The molecule has 0 amide bonds. The Morgan fingerprint density at radius 1 is 1.40 bits per heavy atom. The summed E-state index contributed by atoms with van der Waals surface area (Å²) in [6, 6.07) is 7.19. The second-order valence-corrected chi connectivity index (χ2v) is 4.63. The van der Waals surface area contributed by atoms with E-state index in [9.17, 15) is 0 Å². The first kappa shape index (κ1) is 8.96. The van der Waals surface area contributed by atoms with E-state index in [0.29, 0.717) is 6.04 Å². The topological polar surface area (TPSA) is 17.8 Å². The molecule has 1 atom stereocenters. The highest BCUT2D eigenvalue weighted by Gasteiger charge is 2.19. The maximum atomic E-state index is 4.73. The molecule has 0 saturated carbocycles. The van der Waals surface area contributed by atoms with Crippen LogP contribution >= 0.6 is 0 Å². The molecule has 0 N–H and O–H groups in total. The van der Waals surface area contributed by atoms with Crippen molar-refractivity contribution >= 4 is 11.0 Å². The quantitative estimate of drug-likeness (QED) is 0.638. The van der Waals surface area contributed by atoms with Gasteiger partial charge in [-0.2, -0.15) is 0 Å². The van der Waals surface area contributed by atoms with Crippen molar-refractivity contribution in [3.05, 3.63) is 29.6 Å². The van der Waals surface area contributed by atoms with E-state index in [0.717, 1.165) is 6.42 Å². The van der Waals surface area contributed by atoms with Gasteiger partial charge >= 0.3 is 0 Å². The van der Waals surface area contributed by atoms with Crippen LogP contribution < -0.4 is 0 Å². The largest absolute Gasteiger partial charge is 0.325 e. The Morgan fingerprint density at radius 3 is 3.13 bits per heavy atom. The standard InChI is InChI=1S/C13H16N2/c1-9-6-7-12-11(8-9)14-13-5-3-4-10(2)15(12)13/h6-8,10H,3-5H2,1-2H3. The summed E-state index contributed by atoms with van der Waals surface area (Å²) >= 11 is 0. The van der Waals surface area contributed by atoms with Crippen molar-refractivity contribution in [3.63, 3.8) is 0 Å². The second kappa shape index (κ2) is 3.09. The summed E-state index contributed by atoms with van der Waals surface area (Å²) in [4.78, 5) is 4.73. The van der Waals surface area contributed by atoms with Gasteiger partial charge in [-0.05, 0) is 44.4 Å². The Kier molecular flexibility index (Phi) is 1.84. The summed E-state index contributed by atoms with van der Waals surface area (Å²) in [6.07, 6.45) is 3.70. The number of aryl methyl sites for hydroxylation is 2. The van der Waals surface area contributed by atoms with E-state index >= 15 is 0 Å². The molecule has 1 aliphatic heterocycles. The number of hydrogen-bond donors (Lipinski definition) is 0. The summed E-state index contributed by atoms with van der Waals surface area (Å²) in [7, 11) is 0. The van der Waals surface area contributed by atoms with Crippen LogP contribution in [0.25, 0.3) is 11.0 Å². The first-order chi connectivity index (χ1) is 7.25. The van der Waals surface area contributed by atoms with Gasteiger partial charge in [0.2, 0.25) is 0 Å². The van der Waals surface area contributed by atoms with Gasteiger partial charge < -0.3 is 4.57 Å². The first-order valence-electron chi connectivity index (χ1n) is 5.73. The third-order valence-corrected chi connectivity index (χ3v) is 3.38. The lowest BCUT2D eigenvalue weighted by molar-refractivity contribution is 0.435. The molecule has 2 heterocycles. The van der Waals surface area contributed by atoms with Gasteiger partial charge in [0, 0.05) is 12.5 Å². The minimum Gasteiger partial charge on any atom is -0.325 e. The second-order valence-electron chi connectivity index (χ2n) is 4.63. The van der Waals surface area contributed by atoms with Crippen LogP contribution in [-0.4, -0.2) is 9.55 Å². The highest BCUT2D eigenvalue weighted by molar-refractivity contribution is 5.77. The van der Waals surface area contributed by atoms with Crippen LogP contribution in [0.4, 0.5) is 0 Å². The van der Waals surface area contributed by atoms with Crippen molar-refractivity contribution in [3.8, 4) is 0 Å². The van der Waals surface area contributed by atoms with Gasteiger partial charge in [-0.1, -0.05) is 6.07 Å². The van der Waals surface area contributed by atoms with Crippen LogP contribution in [-0.2, 0) is 6.42 Å². The average Bonchev–Trinajstić information content (AvgIpc) is 2.56. The van der Waals surface area contributed by atoms with Gasteiger partial charge in [0.15, 0.2) is 0 Å². The SMILES string of the molecule is Cc1ccc2c(c1)nc1n2C(C)CCC1. The molecule has 0 radical (unpaired) electrons. The van der Waals surface area contributed by atoms with Crippen LogP contribution in [0.2, 0.25) is 0 Å². The van der Waals surface area contributed by atoms with E-state index in [-0.39, 0.29) is 0 Å². The maximum Gasteiger partial charge on any atom is 0.110 e. The summed E-state index contributed by atoms with van der Waals surface area (Å²) in [5.41, 5.74) is 3.77. The zero-order valence-corrected chi connectivity index (χ0v) is 9.33. The summed E-state index contributed by atoms with van der Waals surface area (Å²) in [6.45, 7) is 4.42. The molecule has 15 heavy (non-hydrogen) atoms. The summed E-state index contributed by atoms with van der Waals surface area (Å²) in [5.74, 6) is 1.27. The molecular weight excluding hydrogens is 184 g/mol. The van der Waals surface area contributed by atoms with Gasteiger partial charge in [0.05, 0.1) is 11.0 Å². The van der Waals surface area contributed by atoms with Gasteiger partial charge in [0.1, 0.15) is 5.82 Å². The summed E-state index contributed by atoms with van der Waals surface area (Å²) in [5, 5.41) is 0. The minimum absolute atomic E-state index is 0.612. The molecule has 3 rings (SSSR count). The fourth-order valence-corrected chi connectivity index (χ4v) is 2.61. The van der Waals surface area contributed by atoms with Crippen molar-refractivity contribution in [2.45, 2.75) is 39.2 Å². The zero-order chi connectivity index (χ0) is 10.4. The van der Waals surface area contributed by atoms with Crippen LogP contribution in [0.1, 0.15) is 37.2 Å². The molecular formula is C13H16N2. The lowest BCUT2D eigenvalue weighted by Gasteiger charge is -2.22. The van der Waals surface area contributed by atoms with Crippen LogP contribution in [0.15, 0.2) is 18.2 Å². The number of hydrogen-bond acceptors (Lipinski definition) is 1. The van der Waals surface area contributed by atoms with E-state index in [1.807, 2.05) is 0 Å². The number of nitrogens with zero attached hydrogens (tertiary/aromatic N) is 2. The molecule has 2 aromatic rings. The van der Waals surface area contributed by atoms with Crippen LogP contribution in [0.5, 0.6) is 0 Å². The smallest absolute Gasteiger partial charge is 0.110 e. The van der Waals surface area contributed by atoms with Crippen LogP contribution in [0, 0.1) is 6.92 Å². The van der Waals surface area contributed by atoms with Crippen molar-refractivity contribution in [2.24, 2.45) is 0 Å². The zero-order valence-electron chi connectivity index (χ0n) is 9.33. The Labute approximate surface area is 89.9 Å². The van der Waals surface area contributed by atoms with E-state index in [2.05, 4.69) is 36.6 Å². The van der Waals surface area contributed by atoms with Crippen molar-refractivity contribution in [1.29, 1.82) is 0 Å². The maximum absolute atomic E-state index is 4.73. The number of aromatic nitrogens is 2. The molecule has 1 aromatic heterocycles. The van der Waals surface area contributed by atoms with E-state index in [1.165, 1.54) is 35.3 Å². The van der Waals surface area contributed by atoms with Gasteiger partial charge in [-0.3, -0.25) is 0 Å². The number of benzene rings is 1. The normalized spacial score (nSPS) is 20.5. The lowest BCUT2D eigenvalue weighted by atomic mass is 10.1. The van der Waals surface area contributed by atoms with Crippen molar-refractivity contribution in [2.75, 3.05) is 0 Å². The van der Waals surface area contributed by atoms with Gasteiger partial charge in [-0.15, -0.1) is 0 Å². The molecule has 2 heteroatoms. The van der Waals surface area contributed by atoms with Gasteiger partial charge in [-0.25, -0.2) is 4.98 Å². The Morgan fingerprint density at radius 2 is 2.27 bits per heavy atom. The average molecular weight is 200 g/mol. The number of fused-ring (bicyclic) bond motifs is 3. The predicted octanol–water partition coefficient (Wildman–Crippen LogP) is 3.24. The van der Waals surface area contributed by atoms with Gasteiger partial charge in [0.25, 0.3) is 0 Å². The highest BCUT2D eigenvalue weighted by atomic mass is 15.1. The molecule has 1 aromatic carbocycles. The lowest BCUT2D eigenvalue weighted by Crippen LogP contribution is -2.14. The van der Waals surface area contributed by atoms with E-state index in [4.69, 9.17) is 4.98 Å². The molecule has 2 nitrogen and oxygen atoms in total. The molecule has 0 saturated heterocycles. The molecule has 0 bridgehead atoms. The van der Waals surface area contributed by atoms with Crippen molar-refractivity contribution in [1.82, 2.24) is 9.55 Å². The minimum atomic E-state index is 0.612. The third kappa shape index (κ3) is 1.28. The summed E-state index contributed by atoms with van der Waals surface area (Å²) < 4.78 is 2.41. The number of imidazole rings is 1. The van der Waals surface area contributed by atoms with E-state index in [1.54, 1.807) is 0 Å². The third-order valence-electron chi connectivity index (χ3n) is 3.38. The Bertz CT molecular complexity index is 510. The molecule has 0 spiro atoms.